The maximum Gasteiger partial charge on any atom is 0.0693 e. The minimum absolute atomic E-state index is 0.144. The molecule has 1 saturated carbocycles. The summed E-state index contributed by atoms with van der Waals surface area (Å²) in [4.78, 5) is 0. The summed E-state index contributed by atoms with van der Waals surface area (Å²) >= 11 is 0. The van der Waals surface area contributed by atoms with Crippen molar-refractivity contribution in [1.29, 1.82) is 0 Å². The molecule has 3 atom stereocenters. The van der Waals surface area contributed by atoms with Crippen molar-refractivity contribution in [2.45, 2.75) is 57.6 Å². The van der Waals surface area contributed by atoms with Gasteiger partial charge in [0.15, 0.2) is 0 Å². The minimum atomic E-state index is -0.144. The lowest BCUT2D eigenvalue weighted by atomic mass is 9.92. The molecule has 0 aromatic heterocycles. The molecule has 0 radical (unpaired) electrons. The van der Waals surface area contributed by atoms with Crippen LogP contribution in [0.3, 0.4) is 0 Å². The number of rotatable bonds is 6. The molecule has 3 heteroatoms. The summed E-state index contributed by atoms with van der Waals surface area (Å²) < 4.78 is 0. The minimum Gasteiger partial charge on any atom is -0.396 e. The summed E-state index contributed by atoms with van der Waals surface area (Å²) in [5, 5.41) is 22.0. The van der Waals surface area contributed by atoms with E-state index in [9.17, 15) is 5.11 Å². The number of aliphatic hydroxyl groups excluding tert-OH is 2. The molecule has 1 unspecified atom stereocenters. The van der Waals surface area contributed by atoms with Gasteiger partial charge in [0.25, 0.3) is 0 Å². The first kappa shape index (κ1) is 12.9. The van der Waals surface area contributed by atoms with Gasteiger partial charge in [0.1, 0.15) is 0 Å². The SMILES string of the molecule is CC(CO)CCCN[C@@H]1CCCC[C@H]1O. The van der Waals surface area contributed by atoms with E-state index in [1.54, 1.807) is 0 Å². The van der Waals surface area contributed by atoms with Crippen LogP contribution in [-0.4, -0.2) is 35.5 Å². The summed E-state index contributed by atoms with van der Waals surface area (Å²) in [6, 6.07) is 0.309. The Labute approximate surface area is 92.9 Å². The summed E-state index contributed by atoms with van der Waals surface area (Å²) in [5.74, 6) is 0.406. The van der Waals surface area contributed by atoms with Gasteiger partial charge in [-0.1, -0.05) is 19.8 Å². The quantitative estimate of drug-likeness (QED) is 0.585. The molecule has 3 N–H and O–H groups in total. The van der Waals surface area contributed by atoms with Crippen LogP contribution in [0.4, 0.5) is 0 Å². The molecule has 0 amide bonds. The van der Waals surface area contributed by atoms with E-state index in [1.807, 2.05) is 0 Å². The van der Waals surface area contributed by atoms with Gasteiger partial charge in [0, 0.05) is 12.6 Å². The standard InChI is InChI=1S/C12H25NO2/c1-10(9-14)5-4-8-13-11-6-2-3-7-12(11)15/h10-15H,2-9H2,1H3/t10?,11-,12-/m1/s1. The molecule has 0 aromatic carbocycles. The predicted octanol–water partition coefficient (Wildman–Crippen LogP) is 1.29. The van der Waals surface area contributed by atoms with Gasteiger partial charge in [-0.25, -0.2) is 0 Å². The Morgan fingerprint density at radius 3 is 2.73 bits per heavy atom. The molecule has 1 aliphatic carbocycles. The number of nitrogens with one attached hydrogen (secondary N) is 1. The Balaban J connectivity index is 2.03. The molecule has 1 rings (SSSR count). The van der Waals surface area contributed by atoms with E-state index in [4.69, 9.17) is 5.11 Å². The Bertz CT molecular complexity index is 164. The third-order valence-corrected chi connectivity index (χ3v) is 3.32. The topological polar surface area (TPSA) is 52.5 Å². The van der Waals surface area contributed by atoms with E-state index in [0.717, 1.165) is 32.2 Å². The van der Waals surface area contributed by atoms with Crippen LogP contribution >= 0.6 is 0 Å². The van der Waals surface area contributed by atoms with Gasteiger partial charge in [-0.05, 0) is 38.1 Å². The lowest BCUT2D eigenvalue weighted by Gasteiger charge is -2.28. The zero-order chi connectivity index (χ0) is 11.1. The fourth-order valence-electron chi connectivity index (χ4n) is 2.18. The van der Waals surface area contributed by atoms with Crippen molar-refractivity contribution in [3.63, 3.8) is 0 Å². The van der Waals surface area contributed by atoms with Crippen LogP contribution in [-0.2, 0) is 0 Å². The highest BCUT2D eigenvalue weighted by Gasteiger charge is 2.21. The fraction of sp³-hybridized carbons (Fsp3) is 1.00. The zero-order valence-corrected chi connectivity index (χ0v) is 9.78. The summed E-state index contributed by atoms with van der Waals surface area (Å²) in [7, 11) is 0. The van der Waals surface area contributed by atoms with E-state index >= 15 is 0 Å². The van der Waals surface area contributed by atoms with Crippen LogP contribution in [0.15, 0.2) is 0 Å². The van der Waals surface area contributed by atoms with Crippen molar-refractivity contribution in [2.75, 3.05) is 13.2 Å². The van der Waals surface area contributed by atoms with Crippen molar-refractivity contribution in [1.82, 2.24) is 5.32 Å². The summed E-state index contributed by atoms with van der Waals surface area (Å²) in [6.45, 7) is 3.31. The molecule has 3 nitrogen and oxygen atoms in total. The van der Waals surface area contributed by atoms with Gasteiger partial charge < -0.3 is 15.5 Å². The predicted molar refractivity (Wildman–Crippen MR) is 61.7 cm³/mol. The molecule has 0 aliphatic heterocycles. The van der Waals surface area contributed by atoms with Gasteiger partial charge in [-0.3, -0.25) is 0 Å². The Morgan fingerprint density at radius 1 is 1.33 bits per heavy atom. The van der Waals surface area contributed by atoms with E-state index in [0.29, 0.717) is 12.0 Å². The molecule has 0 saturated heterocycles. The molecule has 1 fully saturated rings. The Morgan fingerprint density at radius 2 is 2.07 bits per heavy atom. The highest BCUT2D eigenvalue weighted by Crippen LogP contribution is 2.18. The van der Waals surface area contributed by atoms with Gasteiger partial charge in [0.2, 0.25) is 0 Å². The molecule has 1 aliphatic rings. The molecule has 90 valence electrons. The smallest absolute Gasteiger partial charge is 0.0693 e. The van der Waals surface area contributed by atoms with Crippen LogP contribution in [0.2, 0.25) is 0 Å². The fourth-order valence-corrected chi connectivity index (χ4v) is 2.18. The summed E-state index contributed by atoms with van der Waals surface area (Å²) in [6.07, 6.45) is 6.47. The monoisotopic (exact) mass is 215 g/mol. The molecule has 0 spiro atoms. The van der Waals surface area contributed by atoms with Crippen molar-refractivity contribution >= 4 is 0 Å². The van der Waals surface area contributed by atoms with E-state index in [1.165, 1.54) is 12.8 Å². The molecule has 15 heavy (non-hydrogen) atoms. The third-order valence-electron chi connectivity index (χ3n) is 3.32. The Hall–Kier alpha value is -0.120. The van der Waals surface area contributed by atoms with E-state index in [-0.39, 0.29) is 12.7 Å². The molecular formula is C12H25NO2. The van der Waals surface area contributed by atoms with Gasteiger partial charge >= 0.3 is 0 Å². The molecule has 0 heterocycles. The van der Waals surface area contributed by atoms with Crippen molar-refractivity contribution in [2.24, 2.45) is 5.92 Å². The van der Waals surface area contributed by atoms with Gasteiger partial charge in [-0.15, -0.1) is 0 Å². The van der Waals surface area contributed by atoms with Crippen molar-refractivity contribution < 1.29 is 10.2 Å². The molecule has 0 aromatic rings. The maximum absolute atomic E-state index is 9.72. The largest absolute Gasteiger partial charge is 0.396 e. The zero-order valence-electron chi connectivity index (χ0n) is 9.78. The molecule has 0 bridgehead atoms. The first-order valence-electron chi connectivity index (χ1n) is 6.26. The van der Waals surface area contributed by atoms with Crippen LogP contribution in [0.5, 0.6) is 0 Å². The summed E-state index contributed by atoms with van der Waals surface area (Å²) in [5.41, 5.74) is 0. The average Bonchev–Trinajstić information content (AvgIpc) is 2.26. The molecular weight excluding hydrogens is 190 g/mol. The van der Waals surface area contributed by atoms with Gasteiger partial charge in [0.05, 0.1) is 6.10 Å². The highest BCUT2D eigenvalue weighted by molar-refractivity contribution is 4.80. The number of hydrogen-bond acceptors (Lipinski definition) is 3. The highest BCUT2D eigenvalue weighted by atomic mass is 16.3. The second-order valence-corrected chi connectivity index (χ2v) is 4.84. The van der Waals surface area contributed by atoms with Gasteiger partial charge in [-0.2, -0.15) is 0 Å². The normalized spacial score (nSPS) is 29.0. The average molecular weight is 215 g/mol. The second-order valence-electron chi connectivity index (χ2n) is 4.84. The third kappa shape index (κ3) is 4.96. The first-order valence-corrected chi connectivity index (χ1v) is 6.26. The van der Waals surface area contributed by atoms with Crippen LogP contribution < -0.4 is 5.32 Å². The van der Waals surface area contributed by atoms with Crippen LogP contribution in [0.1, 0.15) is 45.4 Å². The Kier molecular flexibility index (Phi) is 6.22. The van der Waals surface area contributed by atoms with Crippen molar-refractivity contribution in [3.8, 4) is 0 Å². The second kappa shape index (κ2) is 7.20. The number of hydrogen-bond donors (Lipinski definition) is 3. The maximum atomic E-state index is 9.72. The van der Waals surface area contributed by atoms with E-state index in [2.05, 4.69) is 12.2 Å². The van der Waals surface area contributed by atoms with E-state index < -0.39 is 0 Å². The van der Waals surface area contributed by atoms with Crippen LogP contribution in [0, 0.1) is 5.92 Å². The first-order chi connectivity index (χ1) is 7.24. The lowest BCUT2D eigenvalue weighted by molar-refractivity contribution is 0.0906. The van der Waals surface area contributed by atoms with Crippen LogP contribution in [0.25, 0.3) is 0 Å². The number of aliphatic hydroxyl groups is 2. The lowest BCUT2D eigenvalue weighted by Crippen LogP contribution is -2.42. The van der Waals surface area contributed by atoms with Crippen molar-refractivity contribution in [3.05, 3.63) is 0 Å².